The molecule has 2 aromatic rings. The number of aryl methyl sites for hydroxylation is 1. The zero-order valence-electron chi connectivity index (χ0n) is 17.4. The van der Waals surface area contributed by atoms with Crippen LogP contribution in [0.25, 0.3) is 0 Å². The summed E-state index contributed by atoms with van der Waals surface area (Å²) in [5.74, 6) is 0.941. The van der Waals surface area contributed by atoms with Crippen LogP contribution >= 0.6 is 0 Å². The molecule has 0 unspecified atom stereocenters. The first-order valence-corrected chi connectivity index (χ1v) is 10.4. The van der Waals surface area contributed by atoms with E-state index < -0.39 is 0 Å². The largest absolute Gasteiger partial charge is 0.353 e. The fourth-order valence-corrected chi connectivity index (χ4v) is 3.46. The highest BCUT2D eigenvalue weighted by atomic mass is 16.2. The molecular formula is C23H30N4O2. The molecule has 1 fully saturated rings. The van der Waals surface area contributed by atoms with Gasteiger partial charge in [-0.1, -0.05) is 37.6 Å². The molecule has 0 radical (unpaired) electrons. The van der Waals surface area contributed by atoms with Gasteiger partial charge in [0.2, 0.25) is 5.91 Å². The van der Waals surface area contributed by atoms with Gasteiger partial charge in [-0.25, -0.2) is 4.98 Å². The molecule has 154 valence electrons. The number of carbonyl (C=O) groups excluding carboxylic acids is 2. The SMILES string of the molecule is CCCCNC(=O)c1ccc(N2CCN(C(=O)Cc3ccccc3C)CC2)nc1. The lowest BCUT2D eigenvalue weighted by molar-refractivity contribution is -0.130. The molecule has 1 aliphatic heterocycles. The Kier molecular flexibility index (Phi) is 7.22. The molecule has 1 aromatic carbocycles. The second-order valence-electron chi connectivity index (χ2n) is 7.49. The summed E-state index contributed by atoms with van der Waals surface area (Å²) in [6.45, 7) is 7.69. The van der Waals surface area contributed by atoms with E-state index in [1.165, 1.54) is 0 Å². The van der Waals surface area contributed by atoms with Gasteiger partial charge in [0, 0.05) is 38.9 Å². The third-order valence-corrected chi connectivity index (χ3v) is 5.39. The van der Waals surface area contributed by atoms with Crippen molar-refractivity contribution in [2.24, 2.45) is 0 Å². The van der Waals surface area contributed by atoms with Gasteiger partial charge in [0.1, 0.15) is 5.82 Å². The molecule has 1 N–H and O–H groups in total. The van der Waals surface area contributed by atoms with E-state index in [0.29, 0.717) is 31.6 Å². The van der Waals surface area contributed by atoms with Crippen LogP contribution in [0.5, 0.6) is 0 Å². The summed E-state index contributed by atoms with van der Waals surface area (Å²) in [6, 6.07) is 11.7. The van der Waals surface area contributed by atoms with Gasteiger partial charge in [-0.05, 0) is 36.6 Å². The van der Waals surface area contributed by atoms with Gasteiger partial charge in [-0.3, -0.25) is 9.59 Å². The summed E-state index contributed by atoms with van der Waals surface area (Å²) in [4.78, 5) is 33.3. The topological polar surface area (TPSA) is 65.5 Å². The van der Waals surface area contributed by atoms with Gasteiger partial charge in [0.25, 0.3) is 5.91 Å². The maximum Gasteiger partial charge on any atom is 0.252 e. The van der Waals surface area contributed by atoms with Crippen molar-refractivity contribution in [3.8, 4) is 0 Å². The molecule has 0 saturated carbocycles. The molecule has 0 spiro atoms. The lowest BCUT2D eigenvalue weighted by atomic mass is 10.1. The monoisotopic (exact) mass is 394 g/mol. The van der Waals surface area contributed by atoms with Crippen molar-refractivity contribution < 1.29 is 9.59 Å². The van der Waals surface area contributed by atoms with Crippen molar-refractivity contribution in [1.29, 1.82) is 0 Å². The first kappa shape index (κ1) is 20.8. The minimum absolute atomic E-state index is 0.0795. The molecule has 0 atom stereocenters. The first-order valence-electron chi connectivity index (χ1n) is 10.4. The lowest BCUT2D eigenvalue weighted by Crippen LogP contribution is -2.49. The summed E-state index contributed by atoms with van der Waals surface area (Å²) in [6.07, 6.45) is 4.11. The molecule has 6 nitrogen and oxygen atoms in total. The lowest BCUT2D eigenvalue weighted by Gasteiger charge is -2.35. The minimum atomic E-state index is -0.0795. The quantitative estimate of drug-likeness (QED) is 0.734. The molecule has 2 amide bonds. The van der Waals surface area contributed by atoms with Crippen LogP contribution in [-0.4, -0.2) is 54.4 Å². The molecule has 0 aliphatic carbocycles. The summed E-state index contributed by atoms with van der Waals surface area (Å²) in [5, 5.41) is 2.90. The average molecular weight is 395 g/mol. The van der Waals surface area contributed by atoms with E-state index in [0.717, 1.165) is 42.9 Å². The molecule has 0 bridgehead atoms. The first-order chi connectivity index (χ1) is 14.1. The van der Waals surface area contributed by atoms with Crippen molar-refractivity contribution >= 4 is 17.6 Å². The summed E-state index contributed by atoms with van der Waals surface area (Å²) in [7, 11) is 0. The normalized spacial score (nSPS) is 14.0. The zero-order valence-corrected chi connectivity index (χ0v) is 17.4. The average Bonchev–Trinajstić information content (AvgIpc) is 2.75. The fraction of sp³-hybridized carbons (Fsp3) is 0.435. The van der Waals surface area contributed by atoms with Crippen LogP contribution in [0.1, 0.15) is 41.3 Å². The van der Waals surface area contributed by atoms with Crippen LogP contribution in [0.2, 0.25) is 0 Å². The smallest absolute Gasteiger partial charge is 0.252 e. The van der Waals surface area contributed by atoms with E-state index in [4.69, 9.17) is 0 Å². The number of anilines is 1. The summed E-state index contributed by atoms with van der Waals surface area (Å²) < 4.78 is 0. The molecule has 1 aromatic heterocycles. The van der Waals surface area contributed by atoms with Crippen LogP contribution in [0, 0.1) is 6.92 Å². The van der Waals surface area contributed by atoms with Crippen LogP contribution in [0.15, 0.2) is 42.6 Å². The summed E-state index contributed by atoms with van der Waals surface area (Å²) in [5.41, 5.74) is 2.83. The third kappa shape index (κ3) is 5.56. The van der Waals surface area contributed by atoms with E-state index in [-0.39, 0.29) is 11.8 Å². The number of hydrogen-bond acceptors (Lipinski definition) is 4. The standard InChI is InChI=1S/C23H30N4O2/c1-3-4-11-24-23(29)20-9-10-21(25-17-20)26-12-14-27(15-13-26)22(28)16-19-8-6-5-7-18(19)2/h5-10,17H,3-4,11-16H2,1-2H3,(H,24,29). The van der Waals surface area contributed by atoms with Crippen molar-refractivity contribution in [3.05, 3.63) is 59.3 Å². The number of carbonyl (C=O) groups is 2. The predicted molar refractivity (Wildman–Crippen MR) is 115 cm³/mol. The number of hydrogen-bond donors (Lipinski definition) is 1. The number of piperazine rings is 1. The Balaban J connectivity index is 1.50. The molecule has 1 saturated heterocycles. The van der Waals surface area contributed by atoms with Gasteiger partial charge in [-0.2, -0.15) is 0 Å². The van der Waals surface area contributed by atoms with E-state index in [1.807, 2.05) is 48.2 Å². The number of rotatable bonds is 7. The number of benzene rings is 1. The second-order valence-corrected chi connectivity index (χ2v) is 7.49. The van der Waals surface area contributed by atoms with Crippen molar-refractivity contribution in [3.63, 3.8) is 0 Å². The third-order valence-electron chi connectivity index (χ3n) is 5.39. The number of nitrogens with zero attached hydrogens (tertiary/aromatic N) is 3. The zero-order chi connectivity index (χ0) is 20.6. The van der Waals surface area contributed by atoms with Crippen LogP contribution in [0.4, 0.5) is 5.82 Å². The van der Waals surface area contributed by atoms with E-state index >= 15 is 0 Å². The molecular weight excluding hydrogens is 364 g/mol. The second kappa shape index (κ2) is 10.0. The van der Waals surface area contributed by atoms with Gasteiger partial charge in [-0.15, -0.1) is 0 Å². The maximum atomic E-state index is 12.6. The van der Waals surface area contributed by atoms with Crippen molar-refractivity contribution in [2.75, 3.05) is 37.6 Å². The number of aromatic nitrogens is 1. The Labute approximate surface area is 172 Å². The van der Waals surface area contributed by atoms with Gasteiger partial charge in [0.15, 0.2) is 0 Å². The molecule has 2 heterocycles. The van der Waals surface area contributed by atoms with E-state index in [9.17, 15) is 9.59 Å². The maximum absolute atomic E-state index is 12.6. The highest BCUT2D eigenvalue weighted by molar-refractivity contribution is 5.94. The number of amides is 2. The number of pyridine rings is 1. The van der Waals surface area contributed by atoms with Gasteiger partial charge >= 0.3 is 0 Å². The van der Waals surface area contributed by atoms with Gasteiger partial charge < -0.3 is 15.1 Å². The minimum Gasteiger partial charge on any atom is -0.353 e. The highest BCUT2D eigenvalue weighted by Gasteiger charge is 2.22. The molecule has 29 heavy (non-hydrogen) atoms. The Bertz CT molecular complexity index is 827. The highest BCUT2D eigenvalue weighted by Crippen LogP contribution is 2.16. The molecule has 6 heteroatoms. The molecule has 3 rings (SSSR count). The Hall–Kier alpha value is -2.89. The fourth-order valence-electron chi connectivity index (χ4n) is 3.46. The Morgan fingerprint density at radius 2 is 1.83 bits per heavy atom. The Morgan fingerprint density at radius 3 is 2.48 bits per heavy atom. The van der Waals surface area contributed by atoms with Crippen molar-refractivity contribution in [2.45, 2.75) is 33.1 Å². The van der Waals surface area contributed by atoms with Gasteiger partial charge in [0.05, 0.1) is 12.0 Å². The number of nitrogens with one attached hydrogen (secondary N) is 1. The summed E-state index contributed by atoms with van der Waals surface area (Å²) >= 11 is 0. The van der Waals surface area contributed by atoms with Crippen LogP contribution in [-0.2, 0) is 11.2 Å². The van der Waals surface area contributed by atoms with E-state index in [2.05, 4.69) is 22.1 Å². The van der Waals surface area contributed by atoms with Crippen LogP contribution in [0.3, 0.4) is 0 Å². The number of unbranched alkanes of at least 4 members (excludes halogenated alkanes) is 1. The van der Waals surface area contributed by atoms with E-state index in [1.54, 1.807) is 6.20 Å². The predicted octanol–water partition coefficient (Wildman–Crippen LogP) is 2.81. The van der Waals surface area contributed by atoms with Crippen LogP contribution < -0.4 is 10.2 Å². The Morgan fingerprint density at radius 1 is 1.07 bits per heavy atom. The molecule has 1 aliphatic rings. The van der Waals surface area contributed by atoms with Crippen molar-refractivity contribution in [1.82, 2.24) is 15.2 Å².